The molecule has 0 heterocycles. The van der Waals surface area contributed by atoms with Gasteiger partial charge in [0.05, 0.1) is 6.42 Å². The lowest BCUT2D eigenvalue weighted by Crippen LogP contribution is -2.11. The molecule has 0 aliphatic heterocycles. The molecule has 2 aromatic carbocycles. The van der Waals surface area contributed by atoms with Crippen molar-refractivity contribution >= 4 is 5.97 Å². The normalized spacial score (nSPS) is 9.94. The zero-order chi connectivity index (χ0) is 12.1. The topological polar surface area (TPSA) is 26.3 Å². The zero-order valence-corrected chi connectivity index (χ0v) is 9.72. The minimum atomic E-state index is -0.236. The van der Waals surface area contributed by atoms with Crippen LogP contribution in [0.3, 0.4) is 0 Å². The number of rotatable bonds is 3. The summed E-state index contributed by atoms with van der Waals surface area (Å²) < 4.78 is 5.23. The monoisotopic (exact) mass is 226 g/mol. The van der Waals surface area contributed by atoms with Crippen LogP contribution in [0.15, 0.2) is 54.6 Å². The molecule has 2 aromatic rings. The molecule has 0 bridgehead atoms. The van der Waals surface area contributed by atoms with Gasteiger partial charge in [-0.15, -0.1) is 0 Å². The number of hydrogen-bond donors (Lipinski definition) is 0. The SMILES string of the molecule is Cc1ccc(OC(=O)Cc2ccccc2)cc1. The van der Waals surface area contributed by atoms with Crippen LogP contribution in [0.1, 0.15) is 11.1 Å². The summed E-state index contributed by atoms with van der Waals surface area (Å²) in [6.45, 7) is 2.00. The van der Waals surface area contributed by atoms with Gasteiger partial charge in [-0.25, -0.2) is 0 Å². The van der Waals surface area contributed by atoms with Crippen LogP contribution in [0.2, 0.25) is 0 Å². The first kappa shape index (κ1) is 11.4. The Hall–Kier alpha value is -2.09. The van der Waals surface area contributed by atoms with Crippen molar-refractivity contribution in [3.63, 3.8) is 0 Å². The van der Waals surface area contributed by atoms with Gasteiger partial charge in [-0.2, -0.15) is 0 Å². The summed E-state index contributed by atoms with van der Waals surface area (Å²) in [5, 5.41) is 0. The highest BCUT2D eigenvalue weighted by molar-refractivity contribution is 5.75. The maximum Gasteiger partial charge on any atom is 0.315 e. The molecular formula is C15H14O2. The Morgan fingerprint density at radius 1 is 1.00 bits per heavy atom. The van der Waals surface area contributed by atoms with Crippen LogP contribution in [-0.4, -0.2) is 5.97 Å². The van der Waals surface area contributed by atoms with E-state index in [1.54, 1.807) is 12.1 Å². The Kier molecular flexibility index (Phi) is 3.55. The van der Waals surface area contributed by atoms with Gasteiger partial charge in [0.25, 0.3) is 0 Å². The number of esters is 1. The van der Waals surface area contributed by atoms with Gasteiger partial charge < -0.3 is 4.74 Å². The zero-order valence-electron chi connectivity index (χ0n) is 9.72. The average molecular weight is 226 g/mol. The maximum atomic E-state index is 11.6. The van der Waals surface area contributed by atoms with E-state index in [9.17, 15) is 4.79 Å². The van der Waals surface area contributed by atoms with Crippen LogP contribution in [0.4, 0.5) is 0 Å². The average Bonchev–Trinajstić information content (AvgIpc) is 2.33. The third-order valence-electron chi connectivity index (χ3n) is 2.44. The second-order valence-corrected chi connectivity index (χ2v) is 3.95. The number of carbonyl (C=O) groups excluding carboxylic acids is 1. The van der Waals surface area contributed by atoms with Crippen molar-refractivity contribution in [1.82, 2.24) is 0 Å². The van der Waals surface area contributed by atoms with E-state index in [0.29, 0.717) is 12.2 Å². The summed E-state index contributed by atoms with van der Waals surface area (Å²) in [5.41, 5.74) is 2.11. The molecule has 0 fully saturated rings. The molecule has 0 unspecified atom stereocenters. The van der Waals surface area contributed by atoms with Crippen molar-refractivity contribution < 1.29 is 9.53 Å². The summed E-state index contributed by atoms with van der Waals surface area (Å²) in [7, 11) is 0. The van der Waals surface area contributed by atoms with E-state index < -0.39 is 0 Å². The predicted molar refractivity (Wildman–Crippen MR) is 67.0 cm³/mol. The summed E-state index contributed by atoms with van der Waals surface area (Å²) in [6, 6.07) is 17.0. The van der Waals surface area contributed by atoms with E-state index in [1.807, 2.05) is 49.4 Å². The van der Waals surface area contributed by atoms with Crippen molar-refractivity contribution in [3.05, 3.63) is 65.7 Å². The standard InChI is InChI=1S/C15H14O2/c1-12-7-9-14(10-8-12)17-15(16)11-13-5-3-2-4-6-13/h2-10H,11H2,1H3. The molecule has 17 heavy (non-hydrogen) atoms. The first-order chi connectivity index (χ1) is 8.24. The lowest BCUT2D eigenvalue weighted by Gasteiger charge is -2.04. The van der Waals surface area contributed by atoms with Crippen molar-refractivity contribution in [3.8, 4) is 5.75 Å². The van der Waals surface area contributed by atoms with Crippen molar-refractivity contribution in [2.45, 2.75) is 13.3 Å². The van der Waals surface area contributed by atoms with Gasteiger partial charge in [0.1, 0.15) is 5.75 Å². The second kappa shape index (κ2) is 5.30. The van der Waals surface area contributed by atoms with Crippen LogP contribution in [-0.2, 0) is 11.2 Å². The number of aryl methyl sites for hydroxylation is 1. The summed E-state index contributed by atoms with van der Waals surface area (Å²) in [5.74, 6) is 0.358. The molecule has 0 saturated heterocycles. The fraction of sp³-hybridized carbons (Fsp3) is 0.133. The molecule has 0 spiro atoms. The van der Waals surface area contributed by atoms with Gasteiger partial charge in [0, 0.05) is 0 Å². The van der Waals surface area contributed by atoms with Gasteiger partial charge in [-0.05, 0) is 24.6 Å². The fourth-order valence-electron chi connectivity index (χ4n) is 1.54. The van der Waals surface area contributed by atoms with Gasteiger partial charge in [0.2, 0.25) is 0 Å². The molecule has 0 saturated carbocycles. The molecule has 2 heteroatoms. The largest absolute Gasteiger partial charge is 0.426 e. The molecule has 0 N–H and O–H groups in total. The minimum Gasteiger partial charge on any atom is -0.426 e. The van der Waals surface area contributed by atoms with E-state index in [1.165, 1.54) is 0 Å². The number of carbonyl (C=O) groups is 1. The lowest BCUT2D eigenvalue weighted by atomic mass is 10.1. The Morgan fingerprint density at radius 2 is 1.65 bits per heavy atom. The molecule has 0 amide bonds. The van der Waals surface area contributed by atoms with Crippen molar-refractivity contribution in [2.24, 2.45) is 0 Å². The highest BCUT2D eigenvalue weighted by atomic mass is 16.5. The molecule has 0 aliphatic rings. The summed E-state index contributed by atoms with van der Waals surface area (Å²) >= 11 is 0. The van der Waals surface area contributed by atoms with Crippen molar-refractivity contribution in [2.75, 3.05) is 0 Å². The van der Waals surface area contributed by atoms with Gasteiger partial charge in [-0.1, -0.05) is 48.0 Å². The third kappa shape index (κ3) is 3.45. The van der Waals surface area contributed by atoms with Gasteiger partial charge in [0.15, 0.2) is 0 Å². The predicted octanol–water partition coefficient (Wildman–Crippen LogP) is 3.14. The Labute approximate surface area is 101 Å². The first-order valence-electron chi connectivity index (χ1n) is 5.55. The number of benzene rings is 2. The molecule has 0 aromatic heterocycles. The highest BCUT2D eigenvalue weighted by Crippen LogP contribution is 2.12. The first-order valence-corrected chi connectivity index (χ1v) is 5.55. The summed E-state index contributed by atoms with van der Waals surface area (Å²) in [6.07, 6.45) is 0.300. The smallest absolute Gasteiger partial charge is 0.315 e. The van der Waals surface area contributed by atoms with Gasteiger partial charge in [-0.3, -0.25) is 4.79 Å². The van der Waals surface area contributed by atoms with Crippen LogP contribution < -0.4 is 4.74 Å². The Balaban J connectivity index is 1.96. The Morgan fingerprint density at radius 3 is 2.29 bits per heavy atom. The second-order valence-electron chi connectivity index (χ2n) is 3.95. The van der Waals surface area contributed by atoms with Crippen LogP contribution in [0.5, 0.6) is 5.75 Å². The fourth-order valence-corrected chi connectivity index (χ4v) is 1.54. The third-order valence-corrected chi connectivity index (χ3v) is 2.44. The van der Waals surface area contributed by atoms with E-state index in [4.69, 9.17) is 4.74 Å². The molecule has 2 rings (SSSR count). The Bertz CT molecular complexity index is 486. The van der Waals surface area contributed by atoms with Crippen LogP contribution >= 0.6 is 0 Å². The van der Waals surface area contributed by atoms with E-state index in [2.05, 4.69) is 0 Å². The van der Waals surface area contributed by atoms with E-state index >= 15 is 0 Å². The van der Waals surface area contributed by atoms with Gasteiger partial charge >= 0.3 is 5.97 Å². The van der Waals surface area contributed by atoms with E-state index in [0.717, 1.165) is 11.1 Å². The van der Waals surface area contributed by atoms with Crippen molar-refractivity contribution in [1.29, 1.82) is 0 Å². The minimum absolute atomic E-state index is 0.236. The lowest BCUT2D eigenvalue weighted by molar-refractivity contribution is -0.133. The quantitative estimate of drug-likeness (QED) is 0.593. The molecule has 0 aliphatic carbocycles. The number of hydrogen-bond acceptors (Lipinski definition) is 2. The maximum absolute atomic E-state index is 11.6. The molecule has 0 atom stereocenters. The van der Waals surface area contributed by atoms with Crippen LogP contribution in [0, 0.1) is 6.92 Å². The highest BCUT2D eigenvalue weighted by Gasteiger charge is 2.05. The molecular weight excluding hydrogens is 212 g/mol. The molecule has 86 valence electrons. The van der Waals surface area contributed by atoms with E-state index in [-0.39, 0.29) is 5.97 Å². The molecule has 2 nitrogen and oxygen atoms in total. The number of ether oxygens (including phenoxy) is 1. The van der Waals surface area contributed by atoms with Crippen LogP contribution in [0.25, 0.3) is 0 Å². The summed E-state index contributed by atoms with van der Waals surface area (Å²) in [4.78, 5) is 11.6. The molecule has 0 radical (unpaired) electrons.